The summed E-state index contributed by atoms with van der Waals surface area (Å²) in [6.07, 6.45) is 0. The first-order valence-corrected chi connectivity index (χ1v) is 6.02. The quantitative estimate of drug-likeness (QED) is 0.729. The lowest BCUT2D eigenvalue weighted by molar-refractivity contribution is 0.353. The van der Waals surface area contributed by atoms with Crippen molar-refractivity contribution in [3.05, 3.63) is 29.2 Å². The van der Waals surface area contributed by atoms with Gasteiger partial charge in [0.25, 0.3) is 0 Å². The van der Waals surface area contributed by atoms with E-state index in [-0.39, 0.29) is 5.49 Å². The van der Waals surface area contributed by atoms with Gasteiger partial charge in [-0.3, -0.25) is 5.41 Å². The summed E-state index contributed by atoms with van der Waals surface area (Å²) in [5.41, 5.74) is 2.37. The molecule has 0 aliphatic carbocycles. The molecule has 6 heteroatoms. The van der Waals surface area contributed by atoms with E-state index in [1.165, 1.54) is 0 Å². The van der Waals surface area contributed by atoms with Crippen LogP contribution in [-0.2, 0) is 6.54 Å². The number of aromatic nitrogens is 3. The molecule has 0 spiro atoms. The molecule has 0 saturated carbocycles. The van der Waals surface area contributed by atoms with Crippen LogP contribution >= 0.6 is 0 Å². The van der Waals surface area contributed by atoms with E-state index in [0.29, 0.717) is 12.3 Å². The molecule has 0 amide bonds. The Bertz CT molecular complexity index is 815. The Hall–Kier alpha value is -2.21. The Morgan fingerprint density at radius 3 is 2.84 bits per heavy atom. The van der Waals surface area contributed by atoms with Crippen LogP contribution in [0.25, 0.3) is 22.1 Å². The van der Waals surface area contributed by atoms with Crippen LogP contribution in [0.15, 0.2) is 16.5 Å². The van der Waals surface area contributed by atoms with Crippen molar-refractivity contribution in [2.75, 3.05) is 14.1 Å². The zero-order valence-corrected chi connectivity index (χ0v) is 11.1. The molecule has 0 aliphatic heterocycles. The van der Waals surface area contributed by atoms with Gasteiger partial charge in [-0.2, -0.15) is 4.98 Å². The third kappa shape index (κ3) is 2.10. The average Bonchev–Trinajstić information content (AvgIpc) is 2.25. The lowest BCUT2D eigenvalue weighted by Gasteiger charge is -2.11. The first kappa shape index (κ1) is 11.9. The van der Waals surface area contributed by atoms with E-state index in [2.05, 4.69) is 15.0 Å². The maximum atomic E-state index is 7.76. The lowest BCUT2D eigenvalue weighted by atomic mass is 10.2. The van der Waals surface area contributed by atoms with E-state index in [1.807, 2.05) is 32.0 Å². The Kier molecular flexibility index (Phi) is 2.60. The highest BCUT2D eigenvalue weighted by molar-refractivity contribution is 6.02. The molecule has 6 nitrogen and oxygen atoms in total. The van der Waals surface area contributed by atoms with E-state index >= 15 is 0 Å². The van der Waals surface area contributed by atoms with Gasteiger partial charge in [0.2, 0.25) is 5.71 Å². The molecule has 0 aromatic carbocycles. The van der Waals surface area contributed by atoms with E-state index in [4.69, 9.17) is 9.83 Å². The molecule has 0 bridgehead atoms. The summed E-state index contributed by atoms with van der Waals surface area (Å²) in [5.74, 6) is 1.54. The Morgan fingerprint density at radius 2 is 2.11 bits per heavy atom. The van der Waals surface area contributed by atoms with Crippen LogP contribution in [0, 0.1) is 12.3 Å². The summed E-state index contributed by atoms with van der Waals surface area (Å²) in [6, 6.07) is 3.56. The summed E-state index contributed by atoms with van der Waals surface area (Å²) in [5, 5.41) is 8.60. The molecule has 0 fully saturated rings. The van der Waals surface area contributed by atoms with Gasteiger partial charge in [-0.15, -0.1) is 0 Å². The largest absolute Gasteiger partial charge is 0.441 e. The zero-order valence-electron chi connectivity index (χ0n) is 11.1. The van der Waals surface area contributed by atoms with Crippen LogP contribution in [0.3, 0.4) is 0 Å². The van der Waals surface area contributed by atoms with Crippen molar-refractivity contribution in [2.45, 2.75) is 13.5 Å². The topological polar surface area (TPSA) is 81.8 Å². The molecule has 3 heterocycles. The second-order valence-corrected chi connectivity index (χ2v) is 4.89. The van der Waals surface area contributed by atoms with Crippen LogP contribution in [0.2, 0.25) is 0 Å². The van der Waals surface area contributed by atoms with Crippen LogP contribution < -0.4 is 5.49 Å². The molecule has 0 unspecified atom stereocenters. The van der Waals surface area contributed by atoms with E-state index < -0.39 is 0 Å². The van der Waals surface area contributed by atoms with Crippen molar-refractivity contribution in [2.24, 2.45) is 0 Å². The number of rotatable bonds is 2. The predicted octanol–water partition coefficient (Wildman–Crippen LogP) is 1.55. The molecule has 3 aromatic heterocycles. The molecule has 0 saturated heterocycles. The van der Waals surface area contributed by atoms with E-state index in [0.717, 1.165) is 28.0 Å². The van der Waals surface area contributed by atoms with Crippen molar-refractivity contribution < 1.29 is 4.42 Å². The molecular weight excluding hydrogens is 242 g/mol. The van der Waals surface area contributed by atoms with Gasteiger partial charge in [-0.1, -0.05) is 0 Å². The molecule has 98 valence electrons. The third-order valence-corrected chi connectivity index (χ3v) is 2.84. The SMILES string of the molecule is Cc1nc2oc(CN(C)C)cc3nc(=N)cc([nH]1)c32. The minimum Gasteiger partial charge on any atom is -0.441 e. The van der Waals surface area contributed by atoms with Gasteiger partial charge in [0.15, 0.2) is 0 Å². The summed E-state index contributed by atoms with van der Waals surface area (Å²) >= 11 is 0. The zero-order chi connectivity index (χ0) is 13.6. The maximum Gasteiger partial charge on any atom is 0.232 e. The van der Waals surface area contributed by atoms with Crippen molar-refractivity contribution in [3.63, 3.8) is 0 Å². The highest BCUT2D eigenvalue weighted by atomic mass is 16.3. The summed E-state index contributed by atoms with van der Waals surface area (Å²) in [6.45, 7) is 2.54. The van der Waals surface area contributed by atoms with Gasteiger partial charge in [0, 0.05) is 12.1 Å². The van der Waals surface area contributed by atoms with E-state index in [1.54, 1.807) is 6.07 Å². The number of pyridine rings is 1. The van der Waals surface area contributed by atoms with Crippen molar-refractivity contribution >= 4 is 22.1 Å². The second-order valence-electron chi connectivity index (χ2n) is 4.89. The Balaban J connectivity index is 2.40. The molecule has 0 aliphatic rings. The first-order chi connectivity index (χ1) is 9.02. The van der Waals surface area contributed by atoms with Gasteiger partial charge in [-0.25, -0.2) is 4.98 Å². The number of aromatic amines is 1. The molecule has 0 atom stereocenters. The number of nitrogens with zero attached hydrogens (tertiary/aromatic N) is 3. The fourth-order valence-electron chi connectivity index (χ4n) is 2.19. The van der Waals surface area contributed by atoms with Gasteiger partial charge >= 0.3 is 0 Å². The highest BCUT2D eigenvalue weighted by Crippen LogP contribution is 2.23. The lowest BCUT2D eigenvalue weighted by Crippen LogP contribution is -2.12. The molecule has 2 N–H and O–H groups in total. The van der Waals surface area contributed by atoms with Gasteiger partial charge < -0.3 is 14.3 Å². The van der Waals surface area contributed by atoms with Crippen LogP contribution in [0.5, 0.6) is 0 Å². The predicted molar refractivity (Wildman–Crippen MR) is 71.6 cm³/mol. The fraction of sp³-hybridized carbons (Fsp3) is 0.308. The second kappa shape index (κ2) is 4.17. The number of nitrogens with one attached hydrogen (secondary N) is 2. The number of hydrogen-bond donors (Lipinski definition) is 2. The van der Waals surface area contributed by atoms with Crippen LogP contribution in [0.1, 0.15) is 11.6 Å². The van der Waals surface area contributed by atoms with E-state index in [9.17, 15) is 0 Å². The maximum absolute atomic E-state index is 7.76. The fourth-order valence-corrected chi connectivity index (χ4v) is 2.19. The minimum atomic E-state index is 0.234. The van der Waals surface area contributed by atoms with Crippen LogP contribution in [0.4, 0.5) is 0 Å². The van der Waals surface area contributed by atoms with Gasteiger partial charge in [0.05, 0.1) is 23.0 Å². The summed E-state index contributed by atoms with van der Waals surface area (Å²) in [7, 11) is 3.95. The molecular formula is C13H15N5O. The monoisotopic (exact) mass is 257 g/mol. The smallest absolute Gasteiger partial charge is 0.232 e. The standard InChI is InChI=1S/C13H15N5O/c1-7-15-10-5-11(14)17-9-4-8(6-18(2)3)19-13(16-7)12(9)10/h4-5,14H,6H2,1-3H3,(H,15,16). The number of aryl methyl sites for hydroxylation is 1. The normalized spacial score (nSPS) is 11.8. The summed E-state index contributed by atoms with van der Waals surface area (Å²) < 4.78 is 5.82. The van der Waals surface area contributed by atoms with Gasteiger partial charge in [0.1, 0.15) is 17.1 Å². The molecule has 3 rings (SSSR count). The highest BCUT2D eigenvalue weighted by Gasteiger charge is 2.11. The van der Waals surface area contributed by atoms with Crippen molar-refractivity contribution in [1.82, 2.24) is 19.9 Å². The number of hydrogen-bond acceptors (Lipinski definition) is 5. The third-order valence-electron chi connectivity index (χ3n) is 2.84. The molecule has 19 heavy (non-hydrogen) atoms. The first-order valence-electron chi connectivity index (χ1n) is 6.02. The van der Waals surface area contributed by atoms with Crippen molar-refractivity contribution in [1.29, 1.82) is 5.41 Å². The molecule has 3 aromatic rings. The number of H-pyrrole nitrogens is 1. The minimum absolute atomic E-state index is 0.234. The van der Waals surface area contributed by atoms with Crippen molar-refractivity contribution in [3.8, 4) is 0 Å². The molecule has 0 radical (unpaired) electrons. The van der Waals surface area contributed by atoms with Gasteiger partial charge in [-0.05, 0) is 21.0 Å². The summed E-state index contributed by atoms with van der Waals surface area (Å²) in [4.78, 5) is 13.8. The average molecular weight is 257 g/mol. The van der Waals surface area contributed by atoms with Crippen LogP contribution in [-0.4, -0.2) is 33.9 Å². The Morgan fingerprint density at radius 1 is 1.32 bits per heavy atom. The Labute approximate surface area is 109 Å².